The third kappa shape index (κ3) is 2.86. The zero-order chi connectivity index (χ0) is 14.8. The number of nitrogens with one attached hydrogen (secondary N) is 1. The van der Waals surface area contributed by atoms with E-state index in [-0.39, 0.29) is 11.8 Å². The van der Waals surface area contributed by atoms with Gasteiger partial charge in [-0.15, -0.1) is 0 Å². The van der Waals surface area contributed by atoms with E-state index in [9.17, 15) is 13.2 Å². The molecule has 1 amide bonds. The number of carbonyl (C=O) groups excluding carboxylic acids is 1. The van der Waals surface area contributed by atoms with Gasteiger partial charge in [0.2, 0.25) is 15.9 Å². The van der Waals surface area contributed by atoms with Crippen LogP contribution in [-0.2, 0) is 14.8 Å². The fraction of sp³-hybridized carbons (Fsp3) is 0.500. The first-order chi connectivity index (χ1) is 9.48. The smallest absolute Gasteiger partial charge is 0.243 e. The van der Waals surface area contributed by atoms with Gasteiger partial charge < -0.3 is 5.32 Å². The first-order valence-electron chi connectivity index (χ1n) is 6.85. The van der Waals surface area contributed by atoms with Gasteiger partial charge in [-0.1, -0.05) is 26.0 Å². The monoisotopic (exact) mass is 296 g/mol. The summed E-state index contributed by atoms with van der Waals surface area (Å²) < 4.78 is 26.1. The molecule has 1 aromatic rings. The summed E-state index contributed by atoms with van der Waals surface area (Å²) in [5.41, 5.74) is 1.00. The first kappa shape index (κ1) is 15.0. The number of amides is 1. The Morgan fingerprint density at radius 1 is 1.20 bits per heavy atom. The van der Waals surface area contributed by atoms with Crippen molar-refractivity contribution < 1.29 is 13.2 Å². The van der Waals surface area contributed by atoms with E-state index in [1.54, 1.807) is 24.3 Å². The van der Waals surface area contributed by atoms with Gasteiger partial charge in [0.1, 0.15) is 0 Å². The summed E-state index contributed by atoms with van der Waals surface area (Å²) in [5, 5.41) is 2.78. The van der Waals surface area contributed by atoms with Crippen LogP contribution in [0.5, 0.6) is 0 Å². The Balaban J connectivity index is 2.22. The van der Waals surface area contributed by atoms with Gasteiger partial charge in [-0.05, 0) is 17.7 Å². The highest BCUT2D eigenvalue weighted by Crippen LogP contribution is 2.25. The second-order valence-electron chi connectivity index (χ2n) is 4.86. The van der Waals surface area contributed by atoms with Crippen LogP contribution >= 0.6 is 0 Å². The molecule has 1 atom stereocenters. The zero-order valence-corrected chi connectivity index (χ0v) is 12.6. The molecule has 0 spiro atoms. The number of benzene rings is 1. The summed E-state index contributed by atoms with van der Waals surface area (Å²) >= 11 is 0. The van der Waals surface area contributed by atoms with Crippen LogP contribution in [0.4, 0.5) is 0 Å². The number of hydrogen-bond acceptors (Lipinski definition) is 3. The third-order valence-corrected chi connectivity index (χ3v) is 5.74. The van der Waals surface area contributed by atoms with E-state index in [0.29, 0.717) is 31.0 Å². The van der Waals surface area contributed by atoms with Crippen molar-refractivity contribution in [3.63, 3.8) is 0 Å². The maximum Gasteiger partial charge on any atom is 0.243 e. The highest BCUT2D eigenvalue weighted by atomic mass is 32.2. The molecule has 2 rings (SSSR count). The van der Waals surface area contributed by atoms with Gasteiger partial charge in [0, 0.05) is 32.0 Å². The summed E-state index contributed by atoms with van der Waals surface area (Å²) in [6.45, 7) is 5.20. The highest BCUT2D eigenvalue weighted by Gasteiger charge is 2.25. The maximum atomic E-state index is 12.3. The molecule has 1 aromatic carbocycles. The summed E-state index contributed by atoms with van der Waals surface area (Å²) in [7, 11) is -3.40. The molecule has 1 aliphatic rings. The van der Waals surface area contributed by atoms with Crippen molar-refractivity contribution in [3.8, 4) is 0 Å². The van der Waals surface area contributed by atoms with Crippen LogP contribution in [0, 0.1) is 0 Å². The number of sulfonamides is 1. The van der Waals surface area contributed by atoms with Gasteiger partial charge >= 0.3 is 0 Å². The fourth-order valence-electron chi connectivity index (χ4n) is 2.47. The van der Waals surface area contributed by atoms with Crippen molar-refractivity contribution in [1.29, 1.82) is 0 Å². The lowest BCUT2D eigenvalue weighted by Crippen LogP contribution is -2.30. The van der Waals surface area contributed by atoms with E-state index in [0.717, 1.165) is 5.56 Å². The Labute approximate surface area is 120 Å². The molecule has 0 aromatic heterocycles. The Morgan fingerprint density at radius 3 is 2.25 bits per heavy atom. The van der Waals surface area contributed by atoms with Gasteiger partial charge in [0.05, 0.1) is 4.90 Å². The molecule has 0 radical (unpaired) electrons. The van der Waals surface area contributed by atoms with Gasteiger partial charge in [-0.25, -0.2) is 8.42 Å². The fourth-order valence-corrected chi connectivity index (χ4v) is 3.92. The Bertz CT molecular complexity index is 577. The predicted molar refractivity (Wildman–Crippen MR) is 76.9 cm³/mol. The van der Waals surface area contributed by atoms with E-state index < -0.39 is 10.0 Å². The second-order valence-corrected chi connectivity index (χ2v) is 6.80. The highest BCUT2D eigenvalue weighted by molar-refractivity contribution is 7.89. The molecule has 20 heavy (non-hydrogen) atoms. The van der Waals surface area contributed by atoms with Crippen LogP contribution in [-0.4, -0.2) is 38.3 Å². The molecular weight excluding hydrogens is 276 g/mol. The van der Waals surface area contributed by atoms with Crippen LogP contribution in [0.1, 0.15) is 31.7 Å². The lowest BCUT2D eigenvalue weighted by molar-refractivity contribution is -0.119. The number of rotatable bonds is 5. The molecule has 1 saturated heterocycles. The third-order valence-electron chi connectivity index (χ3n) is 3.67. The average Bonchev–Trinajstić information content (AvgIpc) is 2.87. The molecule has 1 heterocycles. The molecule has 110 valence electrons. The van der Waals surface area contributed by atoms with Crippen LogP contribution in [0.2, 0.25) is 0 Å². The molecule has 5 nitrogen and oxygen atoms in total. The standard InChI is InChI=1S/C14H20N2O3S/c1-3-16(4-2)20(18,19)13-7-5-11(6-8-13)12-9-14(17)15-10-12/h5-8,12H,3-4,9-10H2,1-2H3,(H,15,17)/t12-/m0/s1. The van der Waals surface area contributed by atoms with Crippen molar-refractivity contribution in [2.24, 2.45) is 0 Å². The molecule has 0 bridgehead atoms. The van der Waals surface area contributed by atoms with Crippen molar-refractivity contribution in [2.45, 2.75) is 31.1 Å². The molecule has 1 aliphatic heterocycles. The van der Waals surface area contributed by atoms with Crippen molar-refractivity contribution in [2.75, 3.05) is 19.6 Å². The van der Waals surface area contributed by atoms with Crippen LogP contribution in [0.3, 0.4) is 0 Å². The lowest BCUT2D eigenvalue weighted by Gasteiger charge is -2.18. The predicted octanol–water partition coefficient (Wildman–Crippen LogP) is 1.32. The van der Waals surface area contributed by atoms with Crippen LogP contribution in [0.15, 0.2) is 29.2 Å². The largest absolute Gasteiger partial charge is 0.355 e. The Kier molecular flexibility index (Phi) is 4.45. The van der Waals surface area contributed by atoms with E-state index in [2.05, 4.69) is 5.32 Å². The summed E-state index contributed by atoms with van der Waals surface area (Å²) in [6.07, 6.45) is 0.474. The minimum absolute atomic E-state index is 0.0508. The first-order valence-corrected chi connectivity index (χ1v) is 8.29. The van der Waals surface area contributed by atoms with Crippen LogP contribution in [0.25, 0.3) is 0 Å². The van der Waals surface area contributed by atoms with Crippen molar-refractivity contribution >= 4 is 15.9 Å². The second kappa shape index (κ2) is 5.93. The Hall–Kier alpha value is -1.40. The minimum atomic E-state index is -3.40. The molecule has 1 N–H and O–H groups in total. The summed E-state index contributed by atoms with van der Waals surface area (Å²) in [4.78, 5) is 11.5. The van der Waals surface area contributed by atoms with Gasteiger partial charge in [-0.2, -0.15) is 4.31 Å². The van der Waals surface area contributed by atoms with Crippen LogP contribution < -0.4 is 5.32 Å². The molecule has 6 heteroatoms. The molecule has 0 saturated carbocycles. The average molecular weight is 296 g/mol. The van der Waals surface area contributed by atoms with Gasteiger partial charge in [-0.3, -0.25) is 4.79 Å². The Morgan fingerprint density at radius 2 is 1.80 bits per heavy atom. The van der Waals surface area contributed by atoms with Crippen molar-refractivity contribution in [3.05, 3.63) is 29.8 Å². The summed E-state index contributed by atoms with van der Waals surface area (Å²) in [6, 6.07) is 6.88. The van der Waals surface area contributed by atoms with Gasteiger partial charge in [0.25, 0.3) is 0 Å². The number of nitrogens with zero attached hydrogens (tertiary/aromatic N) is 1. The lowest BCUT2D eigenvalue weighted by atomic mass is 9.99. The molecular formula is C14H20N2O3S. The van der Waals surface area contributed by atoms with E-state index in [1.165, 1.54) is 4.31 Å². The zero-order valence-electron chi connectivity index (χ0n) is 11.8. The molecule has 0 aliphatic carbocycles. The summed E-state index contributed by atoms with van der Waals surface area (Å²) in [5.74, 6) is 0.197. The number of hydrogen-bond donors (Lipinski definition) is 1. The van der Waals surface area contributed by atoms with E-state index >= 15 is 0 Å². The topological polar surface area (TPSA) is 66.5 Å². The SMILES string of the molecule is CCN(CC)S(=O)(=O)c1ccc([C@@H]2CNC(=O)C2)cc1. The molecule has 0 unspecified atom stereocenters. The quantitative estimate of drug-likeness (QED) is 0.891. The van der Waals surface area contributed by atoms with E-state index in [1.807, 2.05) is 13.8 Å². The number of carbonyl (C=O) groups is 1. The molecule has 1 fully saturated rings. The van der Waals surface area contributed by atoms with E-state index in [4.69, 9.17) is 0 Å². The normalized spacial score (nSPS) is 19.4. The maximum absolute atomic E-state index is 12.3. The van der Waals surface area contributed by atoms with Crippen molar-refractivity contribution in [1.82, 2.24) is 9.62 Å². The van der Waals surface area contributed by atoms with Gasteiger partial charge in [0.15, 0.2) is 0 Å². The minimum Gasteiger partial charge on any atom is -0.355 e.